The molecule has 5 rings (SSSR count). The molecule has 28 heavy (non-hydrogen) atoms. The number of hydrogen-bond acceptors (Lipinski definition) is 0. The van der Waals surface area contributed by atoms with Gasteiger partial charge < -0.3 is 0 Å². The van der Waals surface area contributed by atoms with Crippen molar-refractivity contribution >= 4 is 55.6 Å². The average molecular weight is 395 g/mol. The monoisotopic (exact) mass is 394 g/mol. The van der Waals surface area contributed by atoms with Crippen LogP contribution in [0.1, 0.15) is 0 Å². The van der Waals surface area contributed by atoms with E-state index in [2.05, 4.69) is 115 Å². The zero-order valence-corrected chi connectivity index (χ0v) is 17.1. The summed E-state index contributed by atoms with van der Waals surface area (Å²) in [5.74, 6) is 0. The molecule has 2 heteroatoms. The molecule has 0 amide bonds. The molecule has 0 saturated carbocycles. The van der Waals surface area contributed by atoms with Gasteiger partial charge in [-0.2, -0.15) is 0 Å². The third-order valence-electron chi connectivity index (χ3n) is 5.47. The van der Waals surface area contributed by atoms with Gasteiger partial charge in [0.15, 0.2) is 0 Å². The van der Waals surface area contributed by atoms with Gasteiger partial charge in [-0.15, -0.1) is 11.1 Å². The Bertz CT molecular complexity index is 1200. The Labute approximate surface area is 170 Å². The fraction of sp³-hybridized carbons (Fsp3) is 0. The summed E-state index contributed by atoms with van der Waals surface area (Å²) in [5.41, 5.74) is 0. The smallest absolute Gasteiger partial charge is 0.149 e. The van der Waals surface area contributed by atoms with E-state index >= 15 is 0 Å². The normalized spacial score (nSPS) is 11.8. The van der Waals surface area contributed by atoms with E-state index in [1.165, 1.54) is 37.1 Å². The van der Waals surface area contributed by atoms with E-state index < -0.39 is 7.38 Å². The van der Waals surface area contributed by atoms with Crippen LogP contribution >= 0.6 is 11.1 Å². The fourth-order valence-electron chi connectivity index (χ4n) is 3.98. The first kappa shape index (κ1) is 17.2. The summed E-state index contributed by atoms with van der Waals surface area (Å²) < 4.78 is 0. The molecular formula is C26H19ClSi. The average Bonchev–Trinajstić information content (AvgIpc) is 2.78. The lowest BCUT2D eigenvalue weighted by Crippen LogP contribution is -2.62. The molecule has 134 valence electrons. The van der Waals surface area contributed by atoms with Gasteiger partial charge in [-0.1, -0.05) is 115 Å². The van der Waals surface area contributed by atoms with Gasteiger partial charge in [-0.05, 0) is 37.1 Å². The van der Waals surface area contributed by atoms with Crippen LogP contribution in [-0.4, -0.2) is 7.38 Å². The molecule has 0 radical (unpaired) electrons. The molecule has 0 nitrogen and oxygen atoms in total. The van der Waals surface area contributed by atoms with Crippen LogP contribution in [0.4, 0.5) is 0 Å². The minimum absolute atomic E-state index is 1.21. The highest BCUT2D eigenvalue weighted by Gasteiger charge is 2.38. The van der Waals surface area contributed by atoms with Crippen molar-refractivity contribution in [1.82, 2.24) is 0 Å². The maximum absolute atomic E-state index is 7.66. The number of halogens is 1. The van der Waals surface area contributed by atoms with Crippen molar-refractivity contribution in [2.24, 2.45) is 0 Å². The molecule has 0 saturated heterocycles. The first-order valence-corrected chi connectivity index (χ1v) is 12.5. The van der Waals surface area contributed by atoms with E-state index in [9.17, 15) is 0 Å². The molecule has 0 fully saturated rings. The number of rotatable bonds is 3. The summed E-state index contributed by atoms with van der Waals surface area (Å²) in [7, 11) is -2.64. The summed E-state index contributed by atoms with van der Waals surface area (Å²) in [4.78, 5) is 0. The van der Waals surface area contributed by atoms with Gasteiger partial charge >= 0.3 is 0 Å². The topological polar surface area (TPSA) is 0 Å². The minimum Gasteiger partial charge on any atom is -0.149 e. The van der Waals surface area contributed by atoms with E-state index in [-0.39, 0.29) is 0 Å². The molecule has 0 aliphatic rings. The van der Waals surface area contributed by atoms with Crippen LogP contribution in [0, 0.1) is 0 Å². The molecule has 0 N–H and O–H groups in total. The van der Waals surface area contributed by atoms with Crippen LogP contribution in [0.15, 0.2) is 115 Å². The van der Waals surface area contributed by atoms with E-state index in [1.54, 1.807) is 0 Å². The highest BCUT2D eigenvalue weighted by Crippen LogP contribution is 2.19. The van der Waals surface area contributed by atoms with Crippen molar-refractivity contribution in [2.75, 3.05) is 0 Å². The Kier molecular flexibility index (Phi) is 4.27. The molecule has 5 aromatic carbocycles. The Morgan fingerprint density at radius 2 is 0.821 bits per heavy atom. The zero-order chi connectivity index (χ0) is 19.0. The van der Waals surface area contributed by atoms with E-state index in [0.29, 0.717) is 0 Å². The quantitative estimate of drug-likeness (QED) is 0.224. The van der Waals surface area contributed by atoms with Crippen LogP contribution in [0.2, 0.25) is 0 Å². The summed E-state index contributed by atoms with van der Waals surface area (Å²) >= 11 is 7.66. The molecule has 0 aliphatic heterocycles. The molecule has 0 unspecified atom stereocenters. The van der Waals surface area contributed by atoms with Crippen molar-refractivity contribution in [3.05, 3.63) is 115 Å². The van der Waals surface area contributed by atoms with Crippen molar-refractivity contribution < 1.29 is 0 Å². The first-order chi connectivity index (χ1) is 13.7. The molecule has 0 aromatic heterocycles. The van der Waals surface area contributed by atoms with Crippen molar-refractivity contribution in [1.29, 1.82) is 0 Å². The minimum atomic E-state index is -2.64. The third kappa shape index (κ3) is 2.84. The van der Waals surface area contributed by atoms with Gasteiger partial charge in [0.05, 0.1) is 0 Å². The molecule has 5 aromatic rings. The number of hydrogen-bond donors (Lipinski definition) is 0. The third-order valence-corrected chi connectivity index (χ3v) is 10.8. The molecule has 0 spiro atoms. The van der Waals surface area contributed by atoms with Gasteiger partial charge in [0.2, 0.25) is 7.38 Å². The highest BCUT2D eigenvalue weighted by molar-refractivity contribution is 7.40. The van der Waals surface area contributed by atoms with Gasteiger partial charge in [0, 0.05) is 0 Å². The molecule has 0 bridgehead atoms. The largest absolute Gasteiger partial charge is 0.247 e. The lowest BCUT2D eigenvalue weighted by molar-refractivity contribution is 1.72. The predicted molar refractivity (Wildman–Crippen MR) is 125 cm³/mol. The maximum Gasteiger partial charge on any atom is 0.247 e. The van der Waals surface area contributed by atoms with E-state index in [4.69, 9.17) is 11.1 Å². The summed E-state index contributed by atoms with van der Waals surface area (Å²) in [6.45, 7) is 0. The standard InChI is InChI=1S/C26H19ClSi/c27-28(24-12-2-1-3-13-24,25-16-14-20-8-4-6-10-22(20)18-25)26-17-15-21-9-5-7-11-23(21)19-26/h1-19H. The first-order valence-electron chi connectivity index (χ1n) is 9.48. The highest BCUT2D eigenvalue weighted by atomic mass is 35.6. The predicted octanol–water partition coefficient (Wildman–Crippen LogP) is 5.20. The van der Waals surface area contributed by atoms with Gasteiger partial charge in [0.1, 0.15) is 0 Å². The molecule has 0 aliphatic carbocycles. The van der Waals surface area contributed by atoms with Gasteiger partial charge in [-0.3, -0.25) is 0 Å². The fourth-order valence-corrected chi connectivity index (χ4v) is 8.04. The van der Waals surface area contributed by atoms with Crippen LogP contribution in [0.25, 0.3) is 21.5 Å². The van der Waals surface area contributed by atoms with Gasteiger partial charge in [-0.25, -0.2) is 0 Å². The van der Waals surface area contributed by atoms with Gasteiger partial charge in [0.25, 0.3) is 0 Å². The summed E-state index contributed by atoms with van der Waals surface area (Å²) in [5, 5.41) is 8.59. The number of benzene rings is 5. The second kappa shape index (κ2) is 6.94. The van der Waals surface area contributed by atoms with Crippen molar-refractivity contribution in [3.8, 4) is 0 Å². The summed E-state index contributed by atoms with van der Waals surface area (Å²) in [6, 6.07) is 40.9. The Morgan fingerprint density at radius 1 is 0.393 bits per heavy atom. The maximum atomic E-state index is 7.66. The SMILES string of the molecule is Cl[Si](c1ccccc1)(c1ccc2ccccc2c1)c1ccc2ccccc2c1. The Hall–Kier alpha value is -2.87. The van der Waals surface area contributed by atoms with Crippen LogP contribution in [0.3, 0.4) is 0 Å². The second-order valence-corrected chi connectivity index (χ2v) is 11.9. The Morgan fingerprint density at radius 3 is 1.32 bits per heavy atom. The molecule has 0 heterocycles. The molecular weight excluding hydrogens is 376 g/mol. The lowest BCUT2D eigenvalue weighted by Gasteiger charge is -2.27. The van der Waals surface area contributed by atoms with Crippen LogP contribution in [-0.2, 0) is 0 Å². The zero-order valence-electron chi connectivity index (χ0n) is 15.3. The lowest BCUT2D eigenvalue weighted by atomic mass is 10.1. The van der Waals surface area contributed by atoms with Crippen molar-refractivity contribution in [3.63, 3.8) is 0 Å². The Balaban J connectivity index is 1.79. The second-order valence-electron chi connectivity index (χ2n) is 7.15. The van der Waals surface area contributed by atoms with Crippen LogP contribution in [0.5, 0.6) is 0 Å². The van der Waals surface area contributed by atoms with E-state index in [0.717, 1.165) is 0 Å². The van der Waals surface area contributed by atoms with Crippen LogP contribution < -0.4 is 15.6 Å². The van der Waals surface area contributed by atoms with Crippen molar-refractivity contribution in [2.45, 2.75) is 0 Å². The molecule has 0 atom stereocenters. The summed E-state index contributed by atoms with van der Waals surface area (Å²) in [6.07, 6.45) is 0. The number of fused-ring (bicyclic) bond motifs is 2. The van der Waals surface area contributed by atoms with E-state index in [1.807, 2.05) is 0 Å².